The fourth-order valence-corrected chi connectivity index (χ4v) is 2.90. The van der Waals surface area contributed by atoms with Gasteiger partial charge in [0, 0.05) is 20.2 Å². The monoisotopic (exact) mass is 407 g/mol. The molecule has 6 heteroatoms. The molecular formula is C15H11Br2N3O. The predicted octanol–water partition coefficient (Wildman–Crippen LogP) is 4.82. The van der Waals surface area contributed by atoms with Gasteiger partial charge < -0.3 is 10.3 Å². The third-order valence-corrected chi connectivity index (χ3v) is 4.09. The highest BCUT2D eigenvalue weighted by Gasteiger charge is 2.14. The number of hydrogen-bond acceptors (Lipinski definition) is 4. The summed E-state index contributed by atoms with van der Waals surface area (Å²) in [4.78, 5) is 4.44. The van der Waals surface area contributed by atoms with Crippen molar-refractivity contribution in [2.24, 2.45) is 0 Å². The first-order valence-corrected chi connectivity index (χ1v) is 7.79. The molecule has 3 rings (SSSR count). The van der Waals surface area contributed by atoms with Gasteiger partial charge in [0.1, 0.15) is 0 Å². The number of aromatic nitrogens is 2. The predicted molar refractivity (Wildman–Crippen MR) is 89.7 cm³/mol. The zero-order chi connectivity index (χ0) is 15.0. The highest BCUT2D eigenvalue weighted by Crippen LogP contribution is 2.30. The first kappa shape index (κ1) is 14.3. The molecule has 1 heterocycles. The summed E-state index contributed by atoms with van der Waals surface area (Å²) < 4.78 is 7.27. The lowest BCUT2D eigenvalue weighted by atomic mass is 10.1. The lowest BCUT2D eigenvalue weighted by molar-refractivity contribution is 0.432. The summed E-state index contributed by atoms with van der Waals surface area (Å²) in [5.41, 5.74) is 9.31. The van der Waals surface area contributed by atoms with Gasteiger partial charge in [-0.05, 0) is 48.9 Å². The Morgan fingerprint density at radius 3 is 2.33 bits per heavy atom. The number of nitrogen functional groups attached to an aromatic ring is 1. The zero-order valence-corrected chi connectivity index (χ0v) is 14.3. The van der Waals surface area contributed by atoms with E-state index in [0.717, 1.165) is 25.6 Å². The molecule has 0 aliphatic carbocycles. The van der Waals surface area contributed by atoms with Crippen molar-refractivity contribution in [3.8, 4) is 22.8 Å². The highest BCUT2D eigenvalue weighted by molar-refractivity contribution is 9.10. The van der Waals surface area contributed by atoms with Gasteiger partial charge in [-0.1, -0.05) is 37.0 Å². The minimum absolute atomic E-state index is 0.414. The Kier molecular flexibility index (Phi) is 3.82. The number of benzene rings is 2. The van der Waals surface area contributed by atoms with Gasteiger partial charge in [0.25, 0.3) is 5.89 Å². The molecular weight excluding hydrogens is 398 g/mol. The van der Waals surface area contributed by atoms with Crippen molar-refractivity contribution < 1.29 is 4.52 Å². The molecule has 0 atom stereocenters. The lowest BCUT2D eigenvalue weighted by Gasteiger charge is -2.01. The van der Waals surface area contributed by atoms with Gasteiger partial charge in [0.15, 0.2) is 0 Å². The number of hydrogen-bond donors (Lipinski definition) is 1. The van der Waals surface area contributed by atoms with Crippen LogP contribution in [0.25, 0.3) is 22.8 Å². The van der Waals surface area contributed by atoms with E-state index in [0.29, 0.717) is 17.4 Å². The normalized spacial score (nSPS) is 10.8. The summed E-state index contributed by atoms with van der Waals surface area (Å²) in [6.07, 6.45) is 0. The maximum Gasteiger partial charge on any atom is 0.260 e. The van der Waals surface area contributed by atoms with E-state index in [1.165, 1.54) is 0 Å². The second-order valence-corrected chi connectivity index (χ2v) is 6.45. The standard InChI is InChI=1S/C15H11Br2N3O/c1-8-6-9(16)2-4-11(8)14-19-15(21-20-14)12-5-3-10(17)7-13(12)18/h2-7H,18H2,1H3. The van der Waals surface area contributed by atoms with Crippen LogP contribution in [0.4, 0.5) is 5.69 Å². The van der Waals surface area contributed by atoms with Crippen LogP contribution in [0.1, 0.15) is 5.56 Å². The molecule has 3 aromatic rings. The quantitative estimate of drug-likeness (QED) is 0.617. The van der Waals surface area contributed by atoms with Gasteiger partial charge in [-0.25, -0.2) is 0 Å². The third-order valence-electron chi connectivity index (χ3n) is 3.10. The largest absolute Gasteiger partial charge is 0.398 e. The van der Waals surface area contributed by atoms with E-state index in [1.807, 2.05) is 43.3 Å². The average Bonchev–Trinajstić information content (AvgIpc) is 2.87. The van der Waals surface area contributed by atoms with E-state index in [2.05, 4.69) is 42.0 Å². The third kappa shape index (κ3) is 2.87. The second-order valence-electron chi connectivity index (χ2n) is 4.61. The molecule has 4 nitrogen and oxygen atoms in total. The van der Waals surface area contributed by atoms with Crippen molar-refractivity contribution in [1.82, 2.24) is 10.1 Å². The minimum Gasteiger partial charge on any atom is -0.398 e. The second kappa shape index (κ2) is 5.61. The highest BCUT2D eigenvalue weighted by atomic mass is 79.9. The van der Waals surface area contributed by atoms with Crippen LogP contribution in [0, 0.1) is 6.92 Å². The molecule has 2 aromatic carbocycles. The van der Waals surface area contributed by atoms with E-state index in [1.54, 1.807) is 0 Å². The summed E-state index contributed by atoms with van der Waals surface area (Å²) in [5.74, 6) is 0.967. The summed E-state index contributed by atoms with van der Waals surface area (Å²) in [6.45, 7) is 2.00. The number of nitrogens with two attached hydrogens (primary N) is 1. The Morgan fingerprint density at radius 1 is 1.00 bits per heavy atom. The SMILES string of the molecule is Cc1cc(Br)ccc1-c1noc(-c2ccc(Br)cc2N)n1. The fourth-order valence-electron chi connectivity index (χ4n) is 2.05. The maximum absolute atomic E-state index is 5.99. The first-order chi connectivity index (χ1) is 10.0. The van der Waals surface area contributed by atoms with E-state index in [-0.39, 0.29) is 0 Å². The van der Waals surface area contributed by atoms with Crippen LogP contribution in [-0.4, -0.2) is 10.1 Å². The minimum atomic E-state index is 0.414. The Balaban J connectivity index is 2.03. The molecule has 0 aliphatic rings. The van der Waals surface area contributed by atoms with Gasteiger partial charge in [-0.15, -0.1) is 0 Å². The molecule has 2 N–H and O–H groups in total. The van der Waals surface area contributed by atoms with Crippen LogP contribution < -0.4 is 5.73 Å². The van der Waals surface area contributed by atoms with E-state index >= 15 is 0 Å². The van der Waals surface area contributed by atoms with E-state index < -0.39 is 0 Å². The van der Waals surface area contributed by atoms with Crippen molar-refractivity contribution in [1.29, 1.82) is 0 Å². The Morgan fingerprint density at radius 2 is 1.67 bits per heavy atom. The van der Waals surface area contributed by atoms with Gasteiger partial charge >= 0.3 is 0 Å². The molecule has 21 heavy (non-hydrogen) atoms. The Labute approximate surface area is 138 Å². The van der Waals surface area contributed by atoms with Crippen molar-refractivity contribution in [2.75, 3.05) is 5.73 Å². The molecule has 0 aliphatic heterocycles. The molecule has 0 amide bonds. The molecule has 0 bridgehead atoms. The van der Waals surface area contributed by atoms with Crippen molar-refractivity contribution in [3.05, 3.63) is 50.9 Å². The molecule has 0 fully saturated rings. The van der Waals surface area contributed by atoms with Crippen LogP contribution in [0.5, 0.6) is 0 Å². The lowest BCUT2D eigenvalue weighted by Crippen LogP contribution is -1.90. The molecule has 106 valence electrons. The number of rotatable bonds is 2. The van der Waals surface area contributed by atoms with Crippen LogP contribution >= 0.6 is 31.9 Å². The van der Waals surface area contributed by atoms with E-state index in [9.17, 15) is 0 Å². The Bertz CT molecular complexity index is 748. The van der Waals surface area contributed by atoms with E-state index in [4.69, 9.17) is 10.3 Å². The molecule has 0 radical (unpaired) electrons. The molecule has 1 aromatic heterocycles. The fraction of sp³-hybridized carbons (Fsp3) is 0.0667. The maximum atomic E-state index is 5.99. The van der Waals surface area contributed by atoms with Gasteiger partial charge in [-0.3, -0.25) is 0 Å². The molecule has 0 saturated carbocycles. The Hall–Kier alpha value is -1.66. The van der Waals surface area contributed by atoms with Gasteiger partial charge in [0.05, 0.1) is 5.56 Å². The molecule has 0 unspecified atom stereocenters. The summed E-state index contributed by atoms with van der Waals surface area (Å²) >= 11 is 6.82. The summed E-state index contributed by atoms with van der Waals surface area (Å²) in [6, 6.07) is 11.5. The van der Waals surface area contributed by atoms with Crippen LogP contribution in [0.2, 0.25) is 0 Å². The summed E-state index contributed by atoms with van der Waals surface area (Å²) in [5, 5.41) is 4.05. The molecule has 0 spiro atoms. The van der Waals surface area contributed by atoms with Crippen LogP contribution in [0.3, 0.4) is 0 Å². The smallest absolute Gasteiger partial charge is 0.260 e. The topological polar surface area (TPSA) is 64.9 Å². The zero-order valence-electron chi connectivity index (χ0n) is 11.1. The number of aryl methyl sites for hydroxylation is 1. The van der Waals surface area contributed by atoms with Crippen LogP contribution in [0.15, 0.2) is 49.9 Å². The van der Waals surface area contributed by atoms with Crippen molar-refractivity contribution in [3.63, 3.8) is 0 Å². The van der Waals surface area contributed by atoms with Gasteiger partial charge in [-0.2, -0.15) is 4.98 Å². The van der Waals surface area contributed by atoms with Gasteiger partial charge in [0.2, 0.25) is 5.82 Å². The summed E-state index contributed by atoms with van der Waals surface area (Å²) in [7, 11) is 0. The first-order valence-electron chi connectivity index (χ1n) is 6.20. The number of nitrogens with zero attached hydrogens (tertiary/aromatic N) is 2. The van der Waals surface area contributed by atoms with Crippen molar-refractivity contribution >= 4 is 37.5 Å². The molecule has 0 saturated heterocycles. The average molecular weight is 409 g/mol. The number of anilines is 1. The van der Waals surface area contributed by atoms with Crippen LogP contribution in [-0.2, 0) is 0 Å². The number of halogens is 2. The van der Waals surface area contributed by atoms with Crippen molar-refractivity contribution in [2.45, 2.75) is 6.92 Å².